The van der Waals surface area contributed by atoms with Crippen molar-refractivity contribution in [3.63, 3.8) is 0 Å². The Kier molecular flexibility index (Phi) is 10.6. The van der Waals surface area contributed by atoms with Gasteiger partial charge in [0.05, 0.1) is 13.2 Å². The first-order valence-electron chi connectivity index (χ1n) is 12.9. The van der Waals surface area contributed by atoms with E-state index in [4.69, 9.17) is 14.9 Å². The third-order valence-corrected chi connectivity index (χ3v) is 6.21. The molecule has 35 heavy (non-hydrogen) atoms. The summed E-state index contributed by atoms with van der Waals surface area (Å²) in [6.07, 6.45) is 9.98. The SMILES string of the molecule is CCCCCOc1ccc(-c2cccc(/C(C)=c3\cccc\c3=C\C=N)c2)cc1OCCCCC. The minimum Gasteiger partial charge on any atom is -0.490 e. The van der Waals surface area contributed by atoms with Gasteiger partial charge in [-0.25, -0.2) is 0 Å². The highest BCUT2D eigenvalue weighted by atomic mass is 16.5. The number of nitrogens with one attached hydrogen (secondary N) is 1. The van der Waals surface area contributed by atoms with Crippen LogP contribution in [0, 0.1) is 5.41 Å². The van der Waals surface area contributed by atoms with Gasteiger partial charge < -0.3 is 14.9 Å². The summed E-state index contributed by atoms with van der Waals surface area (Å²) in [5.74, 6) is 1.66. The standard InChI is InChI=1S/C32H39NO2/c1-4-6-10-21-34-31-18-17-29(24-32(31)35-22-11-7-5-2)28-15-12-14-27(23-28)25(3)30-16-9-8-13-26(30)19-20-33/h8-9,12-20,23-24,33H,4-7,10-11,21-22H2,1-3H3/b26-19-,30-25+,33-20?. The van der Waals surface area contributed by atoms with Crippen molar-refractivity contribution in [3.05, 3.63) is 82.7 Å². The normalized spacial score (nSPS) is 12.4. The van der Waals surface area contributed by atoms with Gasteiger partial charge in [0.25, 0.3) is 0 Å². The number of hydrogen-bond donors (Lipinski definition) is 1. The van der Waals surface area contributed by atoms with Crippen molar-refractivity contribution in [1.29, 1.82) is 5.41 Å². The molecule has 0 radical (unpaired) electrons. The summed E-state index contributed by atoms with van der Waals surface area (Å²) in [5, 5.41) is 9.68. The molecule has 0 aromatic heterocycles. The Morgan fingerprint density at radius 1 is 0.743 bits per heavy atom. The zero-order valence-electron chi connectivity index (χ0n) is 21.5. The van der Waals surface area contributed by atoms with Crippen LogP contribution in [0.1, 0.15) is 64.9 Å². The Balaban J connectivity index is 1.94. The van der Waals surface area contributed by atoms with E-state index < -0.39 is 0 Å². The van der Waals surface area contributed by atoms with Gasteiger partial charge in [0, 0.05) is 6.21 Å². The number of benzene rings is 3. The third-order valence-electron chi connectivity index (χ3n) is 6.21. The van der Waals surface area contributed by atoms with Crippen LogP contribution in [0.25, 0.3) is 22.8 Å². The van der Waals surface area contributed by atoms with Crippen LogP contribution in [-0.4, -0.2) is 19.4 Å². The minimum absolute atomic E-state index is 0.704. The molecule has 3 rings (SSSR count). The van der Waals surface area contributed by atoms with Crippen LogP contribution >= 0.6 is 0 Å². The molecule has 0 saturated heterocycles. The van der Waals surface area contributed by atoms with Crippen molar-refractivity contribution in [3.8, 4) is 22.6 Å². The van der Waals surface area contributed by atoms with E-state index in [1.54, 1.807) is 0 Å². The highest BCUT2D eigenvalue weighted by Gasteiger charge is 2.10. The molecule has 3 aromatic carbocycles. The molecule has 0 heterocycles. The second kappa shape index (κ2) is 14.2. The first-order chi connectivity index (χ1) is 17.2. The number of ether oxygens (including phenoxy) is 2. The zero-order chi connectivity index (χ0) is 24.9. The van der Waals surface area contributed by atoms with E-state index in [0.717, 1.165) is 45.9 Å². The number of hydrogen-bond acceptors (Lipinski definition) is 3. The third kappa shape index (κ3) is 7.58. The highest BCUT2D eigenvalue weighted by molar-refractivity contribution is 5.88. The van der Waals surface area contributed by atoms with Crippen molar-refractivity contribution in [1.82, 2.24) is 0 Å². The molecule has 184 valence electrons. The molecule has 3 heteroatoms. The van der Waals surface area contributed by atoms with Gasteiger partial charge in [0.1, 0.15) is 0 Å². The van der Waals surface area contributed by atoms with E-state index in [9.17, 15) is 0 Å². The fourth-order valence-electron chi connectivity index (χ4n) is 4.15. The summed E-state index contributed by atoms with van der Waals surface area (Å²) >= 11 is 0. The maximum atomic E-state index is 7.49. The smallest absolute Gasteiger partial charge is 0.161 e. The first-order valence-corrected chi connectivity index (χ1v) is 12.9. The largest absolute Gasteiger partial charge is 0.490 e. The summed E-state index contributed by atoms with van der Waals surface area (Å²) in [4.78, 5) is 0. The number of unbranched alkanes of at least 4 members (excludes halogenated alkanes) is 4. The molecule has 1 N–H and O–H groups in total. The van der Waals surface area contributed by atoms with E-state index in [2.05, 4.69) is 69.3 Å². The van der Waals surface area contributed by atoms with Gasteiger partial charge in [-0.2, -0.15) is 0 Å². The Morgan fingerprint density at radius 2 is 1.43 bits per heavy atom. The first kappa shape index (κ1) is 26.3. The molecule has 0 aliphatic carbocycles. The molecule has 0 unspecified atom stereocenters. The van der Waals surface area contributed by atoms with Gasteiger partial charge in [-0.15, -0.1) is 0 Å². The van der Waals surface area contributed by atoms with Crippen molar-refractivity contribution >= 4 is 17.9 Å². The maximum Gasteiger partial charge on any atom is 0.161 e. The van der Waals surface area contributed by atoms with Gasteiger partial charge in [-0.1, -0.05) is 88.1 Å². The molecule has 0 fully saturated rings. The Labute approximate surface area is 210 Å². The minimum atomic E-state index is 0.704. The van der Waals surface area contributed by atoms with Gasteiger partial charge in [-0.05, 0) is 76.7 Å². The predicted octanol–water partition coefficient (Wildman–Crippen LogP) is 7.14. The van der Waals surface area contributed by atoms with Crippen molar-refractivity contribution < 1.29 is 9.47 Å². The van der Waals surface area contributed by atoms with Crippen LogP contribution in [0.4, 0.5) is 0 Å². The fraction of sp³-hybridized carbons (Fsp3) is 0.344. The maximum absolute atomic E-state index is 7.49. The van der Waals surface area contributed by atoms with Crippen molar-refractivity contribution in [2.24, 2.45) is 0 Å². The summed E-state index contributed by atoms with van der Waals surface area (Å²) in [5.41, 5.74) is 4.61. The van der Waals surface area contributed by atoms with Crippen LogP contribution in [0.2, 0.25) is 0 Å². The summed E-state index contributed by atoms with van der Waals surface area (Å²) in [6.45, 7) is 7.97. The van der Waals surface area contributed by atoms with Gasteiger partial charge in [0.15, 0.2) is 11.5 Å². The Morgan fingerprint density at radius 3 is 2.14 bits per heavy atom. The monoisotopic (exact) mass is 469 g/mol. The average Bonchev–Trinajstić information content (AvgIpc) is 2.90. The molecule has 3 aromatic rings. The van der Waals surface area contributed by atoms with Crippen LogP contribution in [0.3, 0.4) is 0 Å². The molecule has 0 atom stereocenters. The van der Waals surface area contributed by atoms with Crippen molar-refractivity contribution in [2.45, 2.75) is 59.3 Å². The highest BCUT2D eigenvalue weighted by Crippen LogP contribution is 2.34. The molecule has 0 aliphatic heterocycles. The van der Waals surface area contributed by atoms with E-state index in [1.165, 1.54) is 43.0 Å². The zero-order valence-corrected chi connectivity index (χ0v) is 21.5. The summed E-state index contributed by atoms with van der Waals surface area (Å²) < 4.78 is 12.3. The topological polar surface area (TPSA) is 42.3 Å². The lowest BCUT2D eigenvalue weighted by Crippen LogP contribution is -2.26. The van der Waals surface area contributed by atoms with Crippen LogP contribution in [0.15, 0.2) is 66.7 Å². The van der Waals surface area contributed by atoms with Crippen LogP contribution in [0.5, 0.6) is 11.5 Å². The Hall–Kier alpha value is -3.33. The second-order valence-electron chi connectivity index (χ2n) is 8.90. The van der Waals surface area contributed by atoms with E-state index in [-0.39, 0.29) is 0 Å². The predicted molar refractivity (Wildman–Crippen MR) is 149 cm³/mol. The van der Waals surface area contributed by atoms with Gasteiger partial charge in [-0.3, -0.25) is 0 Å². The van der Waals surface area contributed by atoms with Crippen molar-refractivity contribution in [2.75, 3.05) is 13.2 Å². The lowest BCUT2D eigenvalue weighted by atomic mass is 9.97. The molecule has 0 spiro atoms. The van der Waals surface area contributed by atoms with Gasteiger partial charge in [0.2, 0.25) is 0 Å². The van der Waals surface area contributed by atoms with Crippen LogP contribution in [-0.2, 0) is 0 Å². The molecule has 0 amide bonds. The lowest BCUT2D eigenvalue weighted by molar-refractivity contribution is 0.260. The second-order valence-corrected chi connectivity index (χ2v) is 8.90. The molecule has 0 bridgehead atoms. The molecular weight excluding hydrogens is 430 g/mol. The fourth-order valence-corrected chi connectivity index (χ4v) is 4.15. The van der Waals surface area contributed by atoms with E-state index in [0.29, 0.717) is 13.2 Å². The number of rotatable bonds is 13. The molecule has 3 nitrogen and oxygen atoms in total. The van der Waals surface area contributed by atoms with E-state index in [1.807, 2.05) is 24.3 Å². The molecular formula is C32H39NO2. The molecule has 0 saturated carbocycles. The van der Waals surface area contributed by atoms with E-state index >= 15 is 0 Å². The Bertz CT molecular complexity index is 1210. The summed E-state index contributed by atoms with van der Waals surface area (Å²) in [7, 11) is 0. The van der Waals surface area contributed by atoms with Crippen LogP contribution < -0.4 is 19.9 Å². The average molecular weight is 470 g/mol. The summed E-state index contributed by atoms with van der Waals surface area (Å²) in [6, 6.07) is 23.1. The van der Waals surface area contributed by atoms with Gasteiger partial charge >= 0.3 is 0 Å². The lowest BCUT2D eigenvalue weighted by Gasteiger charge is -2.15. The molecule has 0 aliphatic rings. The quantitative estimate of drug-likeness (QED) is 0.213.